The number of nitrogens with zero attached hydrogens (tertiary/aromatic N) is 3. The van der Waals surface area contributed by atoms with Gasteiger partial charge in [-0.3, -0.25) is 0 Å². The molecular weight excluding hydrogens is 274 g/mol. The first-order valence-electron chi connectivity index (χ1n) is 9.10. The summed E-state index contributed by atoms with van der Waals surface area (Å²) in [5, 5.41) is 10.6. The summed E-state index contributed by atoms with van der Waals surface area (Å²) >= 11 is 0. The fraction of sp³-hybridized carbons (Fsp3) is 0.833. The van der Waals surface area contributed by atoms with Crippen LogP contribution >= 0.6 is 0 Å². The second-order valence-corrected chi connectivity index (χ2v) is 7.88. The Morgan fingerprint density at radius 3 is 2.59 bits per heavy atom. The number of hydrogen-bond donors (Lipinski definition) is 1. The van der Waals surface area contributed by atoms with E-state index in [-0.39, 0.29) is 12.1 Å². The van der Waals surface area contributed by atoms with Gasteiger partial charge in [0.25, 0.3) is 0 Å². The predicted octanol–water partition coefficient (Wildman–Crippen LogP) is 2.63. The average Bonchev–Trinajstić information content (AvgIpc) is 3.19. The molecule has 4 heteroatoms. The second kappa shape index (κ2) is 5.97. The number of likely N-dealkylation sites (tertiary alicyclic amines) is 1. The van der Waals surface area contributed by atoms with E-state index in [1.54, 1.807) is 0 Å². The van der Waals surface area contributed by atoms with Gasteiger partial charge >= 0.3 is 0 Å². The van der Waals surface area contributed by atoms with Crippen molar-refractivity contribution >= 4 is 0 Å². The van der Waals surface area contributed by atoms with Crippen molar-refractivity contribution in [3.05, 3.63) is 18.2 Å². The summed E-state index contributed by atoms with van der Waals surface area (Å²) in [6.07, 6.45) is 11.5. The SMILES string of the molecule is Cc1nccn1[C@H]1C[C@H]2CN(CC3CCCC3)C[C@H]2C[C@@H]1O. The van der Waals surface area contributed by atoms with E-state index >= 15 is 0 Å². The van der Waals surface area contributed by atoms with E-state index in [9.17, 15) is 5.11 Å². The molecule has 2 saturated carbocycles. The van der Waals surface area contributed by atoms with Gasteiger partial charge < -0.3 is 14.6 Å². The third-order valence-electron chi connectivity index (χ3n) is 6.40. The lowest BCUT2D eigenvalue weighted by Crippen LogP contribution is -2.36. The van der Waals surface area contributed by atoms with E-state index in [1.165, 1.54) is 45.3 Å². The lowest BCUT2D eigenvalue weighted by atomic mass is 9.77. The maximum absolute atomic E-state index is 10.6. The van der Waals surface area contributed by atoms with E-state index < -0.39 is 0 Å². The van der Waals surface area contributed by atoms with Crippen LogP contribution < -0.4 is 0 Å². The highest BCUT2D eigenvalue weighted by molar-refractivity contribution is 5.00. The van der Waals surface area contributed by atoms with Gasteiger partial charge in [-0.15, -0.1) is 0 Å². The molecule has 2 aliphatic carbocycles. The van der Waals surface area contributed by atoms with Gasteiger partial charge in [-0.2, -0.15) is 0 Å². The van der Waals surface area contributed by atoms with Gasteiger partial charge in [-0.1, -0.05) is 12.8 Å². The highest BCUT2D eigenvalue weighted by Crippen LogP contribution is 2.42. The van der Waals surface area contributed by atoms with E-state index in [2.05, 4.69) is 14.5 Å². The number of aliphatic hydroxyl groups is 1. The number of hydrogen-bond acceptors (Lipinski definition) is 3. The molecule has 1 aromatic rings. The van der Waals surface area contributed by atoms with E-state index in [4.69, 9.17) is 0 Å². The number of rotatable bonds is 3. The summed E-state index contributed by atoms with van der Waals surface area (Å²) in [5.74, 6) is 3.44. The topological polar surface area (TPSA) is 41.3 Å². The summed E-state index contributed by atoms with van der Waals surface area (Å²) in [7, 11) is 0. The standard InChI is InChI=1S/C18H29N3O/c1-13-19-6-7-21(13)17-8-15-11-20(10-14-4-2-3-5-14)12-16(15)9-18(17)22/h6-7,14-18,22H,2-5,8-12H2,1H3/t15-,16+,17-,18-/m0/s1. The van der Waals surface area contributed by atoms with Gasteiger partial charge in [0, 0.05) is 32.0 Å². The van der Waals surface area contributed by atoms with Crippen molar-refractivity contribution in [1.82, 2.24) is 14.5 Å². The van der Waals surface area contributed by atoms with Gasteiger partial charge in [0.2, 0.25) is 0 Å². The quantitative estimate of drug-likeness (QED) is 0.933. The lowest BCUT2D eigenvalue weighted by Gasteiger charge is -2.36. The maximum Gasteiger partial charge on any atom is 0.105 e. The van der Waals surface area contributed by atoms with E-state index in [1.807, 2.05) is 19.3 Å². The zero-order valence-corrected chi connectivity index (χ0v) is 13.7. The largest absolute Gasteiger partial charge is 0.391 e. The Bertz CT molecular complexity index is 508. The van der Waals surface area contributed by atoms with Gasteiger partial charge in [0.1, 0.15) is 5.82 Å². The average molecular weight is 303 g/mol. The Labute approximate surface area is 133 Å². The molecule has 0 radical (unpaired) electrons. The molecule has 1 N–H and O–H groups in total. The fourth-order valence-corrected chi connectivity index (χ4v) is 5.25. The van der Waals surface area contributed by atoms with Gasteiger partial charge in [-0.05, 0) is 50.4 Å². The molecule has 0 aromatic carbocycles. The summed E-state index contributed by atoms with van der Waals surface area (Å²) in [4.78, 5) is 7.03. The molecule has 0 unspecified atom stereocenters. The minimum atomic E-state index is -0.208. The first-order valence-corrected chi connectivity index (χ1v) is 9.10. The number of aliphatic hydroxyl groups excluding tert-OH is 1. The normalized spacial score (nSPS) is 36.8. The number of fused-ring (bicyclic) bond motifs is 1. The van der Waals surface area contributed by atoms with E-state index in [0.29, 0.717) is 5.92 Å². The minimum absolute atomic E-state index is 0.208. The molecule has 1 aliphatic heterocycles. The van der Waals surface area contributed by atoms with Crippen molar-refractivity contribution in [3.63, 3.8) is 0 Å². The first kappa shape index (κ1) is 14.7. The van der Waals surface area contributed by atoms with Crippen molar-refractivity contribution in [2.24, 2.45) is 17.8 Å². The monoisotopic (exact) mass is 303 g/mol. The summed E-state index contributed by atoms with van der Waals surface area (Å²) in [6.45, 7) is 5.81. The third kappa shape index (κ3) is 2.71. The Morgan fingerprint density at radius 1 is 1.18 bits per heavy atom. The Kier molecular flexibility index (Phi) is 3.99. The molecule has 22 heavy (non-hydrogen) atoms. The summed E-state index contributed by atoms with van der Waals surface area (Å²) < 4.78 is 2.19. The van der Waals surface area contributed by atoms with E-state index in [0.717, 1.165) is 30.5 Å². The maximum atomic E-state index is 10.6. The van der Waals surface area contributed by atoms with Crippen LogP contribution in [-0.2, 0) is 0 Å². The fourth-order valence-electron chi connectivity index (χ4n) is 5.25. The number of imidazole rings is 1. The van der Waals surface area contributed by atoms with Crippen molar-refractivity contribution < 1.29 is 5.11 Å². The lowest BCUT2D eigenvalue weighted by molar-refractivity contribution is 0.0349. The molecule has 2 heterocycles. The number of aromatic nitrogens is 2. The molecule has 122 valence electrons. The van der Waals surface area contributed by atoms with Crippen LogP contribution in [0.15, 0.2) is 12.4 Å². The molecular formula is C18H29N3O. The minimum Gasteiger partial charge on any atom is -0.391 e. The third-order valence-corrected chi connectivity index (χ3v) is 6.40. The van der Waals surface area contributed by atoms with Gasteiger partial charge in [0.15, 0.2) is 0 Å². The van der Waals surface area contributed by atoms with Gasteiger partial charge in [0.05, 0.1) is 12.1 Å². The van der Waals surface area contributed by atoms with Crippen LogP contribution in [0.2, 0.25) is 0 Å². The first-order chi connectivity index (χ1) is 10.7. The zero-order valence-electron chi connectivity index (χ0n) is 13.7. The van der Waals surface area contributed by atoms with Crippen molar-refractivity contribution in [2.45, 2.75) is 57.6 Å². The predicted molar refractivity (Wildman–Crippen MR) is 86.6 cm³/mol. The Morgan fingerprint density at radius 2 is 1.91 bits per heavy atom. The van der Waals surface area contributed by atoms with Crippen LogP contribution in [0.1, 0.15) is 50.4 Å². The molecule has 3 aliphatic rings. The molecule has 3 fully saturated rings. The molecule has 1 saturated heterocycles. The van der Waals surface area contributed by atoms with Crippen LogP contribution in [0.3, 0.4) is 0 Å². The highest BCUT2D eigenvalue weighted by Gasteiger charge is 2.42. The molecule has 4 atom stereocenters. The van der Waals surface area contributed by atoms with Crippen LogP contribution in [-0.4, -0.2) is 45.3 Å². The Balaban J connectivity index is 1.41. The Hall–Kier alpha value is -0.870. The molecule has 1 aromatic heterocycles. The molecule has 4 rings (SSSR count). The number of aryl methyl sites for hydroxylation is 1. The summed E-state index contributed by atoms with van der Waals surface area (Å²) in [5.41, 5.74) is 0. The highest BCUT2D eigenvalue weighted by atomic mass is 16.3. The van der Waals surface area contributed by atoms with Crippen LogP contribution in [0.4, 0.5) is 0 Å². The van der Waals surface area contributed by atoms with Crippen LogP contribution in [0, 0.1) is 24.7 Å². The van der Waals surface area contributed by atoms with Crippen LogP contribution in [0.25, 0.3) is 0 Å². The van der Waals surface area contributed by atoms with Crippen molar-refractivity contribution in [1.29, 1.82) is 0 Å². The van der Waals surface area contributed by atoms with Gasteiger partial charge in [-0.25, -0.2) is 4.98 Å². The zero-order chi connectivity index (χ0) is 15.1. The van der Waals surface area contributed by atoms with Crippen LogP contribution in [0.5, 0.6) is 0 Å². The summed E-state index contributed by atoms with van der Waals surface area (Å²) in [6, 6.07) is 0.232. The second-order valence-electron chi connectivity index (χ2n) is 7.88. The molecule has 0 amide bonds. The van der Waals surface area contributed by atoms with Crippen molar-refractivity contribution in [3.8, 4) is 0 Å². The molecule has 0 bridgehead atoms. The van der Waals surface area contributed by atoms with Crippen molar-refractivity contribution in [2.75, 3.05) is 19.6 Å². The molecule has 4 nitrogen and oxygen atoms in total. The molecule has 0 spiro atoms. The smallest absolute Gasteiger partial charge is 0.105 e.